The quantitative estimate of drug-likeness (QED) is 0.704. The molecule has 1 saturated heterocycles. The Morgan fingerprint density at radius 2 is 2.04 bits per heavy atom. The number of anilines is 1. The summed E-state index contributed by atoms with van der Waals surface area (Å²) in [6.45, 7) is 1.15. The molecule has 1 aromatic carbocycles. The zero-order chi connectivity index (χ0) is 18.1. The van der Waals surface area contributed by atoms with Gasteiger partial charge in [-0.25, -0.2) is 13.4 Å². The Bertz CT molecular complexity index is 1040. The average Bonchev–Trinajstić information content (AvgIpc) is 3.35. The molecule has 1 amide bonds. The third-order valence-corrected chi connectivity index (χ3v) is 7.93. The van der Waals surface area contributed by atoms with Gasteiger partial charge in [-0.2, -0.15) is 4.31 Å². The highest BCUT2D eigenvalue weighted by atomic mass is 32.2. The molecule has 0 spiro atoms. The summed E-state index contributed by atoms with van der Waals surface area (Å²) in [5, 5.41) is 5.21. The minimum atomic E-state index is -3.45. The minimum Gasteiger partial charge on any atom is -0.302 e. The Labute approximate surface area is 159 Å². The first-order valence-electron chi connectivity index (χ1n) is 8.25. The van der Waals surface area contributed by atoms with Crippen LogP contribution in [-0.2, 0) is 21.2 Å². The molecule has 26 heavy (non-hydrogen) atoms. The summed E-state index contributed by atoms with van der Waals surface area (Å²) in [4.78, 5) is 17.8. The first-order chi connectivity index (χ1) is 12.5. The second kappa shape index (κ2) is 7.07. The lowest BCUT2D eigenvalue weighted by Crippen LogP contribution is -2.27. The number of rotatable bonds is 5. The topological polar surface area (TPSA) is 79.4 Å². The van der Waals surface area contributed by atoms with Gasteiger partial charge in [0.2, 0.25) is 15.9 Å². The smallest absolute Gasteiger partial charge is 0.243 e. The predicted octanol–water partition coefficient (Wildman–Crippen LogP) is 3.32. The van der Waals surface area contributed by atoms with Crippen molar-refractivity contribution in [1.82, 2.24) is 9.29 Å². The number of hydrogen-bond acceptors (Lipinski definition) is 6. The molecule has 3 heterocycles. The fourth-order valence-corrected chi connectivity index (χ4v) is 6.17. The normalized spacial score (nSPS) is 15.5. The predicted molar refractivity (Wildman–Crippen MR) is 104 cm³/mol. The number of nitrogens with one attached hydrogen (secondary N) is 1. The molecule has 1 N–H and O–H groups in total. The molecule has 9 heteroatoms. The number of carbonyl (C=O) groups is 1. The standard InChI is InChI=1S/C17H17N3O3S3/c21-16(10-12-4-3-9-24-12)19-17-18-14-6-5-13(11-15(14)25-17)26(22,23)20-7-1-2-8-20/h3-6,9,11H,1-2,7-8,10H2,(H,18,19,21). The van der Waals surface area contributed by atoms with Crippen molar-refractivity contribution in [1.29, 1.82) is 0 Å². The number of benzene rings is 1. The summed E-state index contributed by atoms with van der Waals surface area (Å²) >= 11 is 2.82. The van der Waals surface area contributed by atoms with Crippen LogP contribution in [-0.4, -0.2) is 36.7 Å². The molecule has 3 aromatic rings. The number of sulfonamides is 1. The van der Waals surface area contributed by atoms with Crippen molar-refractivity contribution in [3.8, 4) is 0 Å². The van der Waals surface area contributed by atoms with Gasteiger partial charge in [0.15, 0.2) is 5.13 Å². The van der Waals surface area contributed by atoms with Crippen LogP contribution in [0.2, 0.25) is 0 Å². The molecule has 1 fully saturated rings. The first-order valence-corrected chi connectivity index (χ1v) is 11.4. The lowest BCUT2D eigenvalue weighted by atomic mass is 10.3. The van der Waals surface area contributed by atoms with Crippen LogP contribution < -0.4 is 5.32 Å². The van der Waals surface area contributed by atoms with Gasteiger partial charge in [-0.1, -0.05) is 17.4 Å². The van der Waals surface area contributed by atoms with Crippen molar-refractivity contribution >= 4 is 54.0 Å². The summed E-state index contributed by atoms with van der Waals surface area (Å²) in [6, 6.07) is 8.76. The van der Waals surface area contributed by atoms with Gasteiger partial charge < -0.3 is 5.32 Å². The van der Waals surface area contributed by atoms with E-state index in [4.69, 9.17) is 0 Å². The van der Waals surface area contributed by atoms with Crippen molar-refractivity contribution in [2.45, 2.75) is 24.2 Å². The molecule has 136 valence electrons. The number of thiazole rings is 1. The van der Waals surface area contributed by atoms with E-state index in [0.717, 1.165) is 22.4 Å². The van der Waals surface area contributed by atoms with E-state index in [0.29, 0.717) is 30.2 Å². The third-order valence-electron chi connectivity index (χ3n) is 4.22. The highest BCUT2D eigenvalue weighted by Gasteiger charge is 2.27. The Kier molecular flexibility index (Phi) is 4.78. The fraction of sp³-hybridized carbons (Fsp3) is 0.294. The third kappa shape index (κ3) is 3.52. The van der Waals surface area contributed by atoms with Crippen molar-refractivity contribution in [2.75, 3.05) is 18.4 Å². The van der Waals surface area contributed by atoms with Crippen LogP contribution in [0, 0.1) is 0 Å². The number of amides is 1. The van der Waals surface area contributed by atoms with Gasteiger partial charge >= 0.3 is 0 Å². The number of carbonyl (C=O) groups excluding carboxylic acids is 1. The average molecular weight is 408 g/mol. The number of aromatic nitrogens is 1. The van der Waals surface area contributed by atoms with Gasteiger partial charge in [-0.3, -0.25) is 4.79 Å². The zero-order valence-electron chi connectivity index (χ0n) is 13.8. The van der Waals surface area contributed by atoms with E-state index in [-0.39, 0.29) is 10.8 Å². The fourth-order valence-electron chi connectivity index (χ4n) is 2.93. The minimum absolute atomic E-state index is 0.128. The lowest BCUT2D eigenvalue weighted by Gasteiger charge is -2.15. The highest BCUT2D eigenvalue weighted by Crippen LogP contribution is 2.30. The summed E-state index contributed by atoms with van der Waals surface area (Å²) in [5.41, 5.74) is 0.682. The zero-order valence-corrected chi connectivity index (χ0v) is 16.3. The monoisotopic (exact) mass is 407 g/mol. The van der Waals surface area contributed by atoms with E-state index >= 15 is 0 Å². The largest absolute Gasteiger partial charge is 0.302 e. The lowest BCUT2D eigenvalue weighted by molar-refractivity contribution is -0.115. The summed E-state index contributed by atoms with van der Waals surface area (Å²) in [5.74, 6) is -0.128. The van der Waals surface area contributed by atoms with Gasteiger partial charge in [0.25, 0.3) is 0 Å². The van der Waals surface area contributed by atoms with Crippen LogP contribution in [0.25, 0.3) is 10.2 Å². The van der Waals surface area contributed by atoms with Crippen LogP contribution in [0.3, 0.4) is 0 Å². The number of hydrogen-bond donors (Lipinski definition) is 1. The molecule has 0 unspecified atom stereocenters. The van der Waals surface area contributed by atoms with E-state index in [1.807, 2.05) is 17.5 Å². The Morgan fingerprint density at radius 1 is 1.23 bits per heavy atom. The van der Waals surface area contributed by atoms with Crippen LogP contribution in [0.5, 0.6) is 0 Å². The van der Waals surface area contributed by atoms with E-state index in [1.165, 1.54) is 27.0 Å². The molecule has 0 aliphatic carbocycles. The second-order valence-electron chi connectivity index (χ2n) is 6.06. The van der Waals surface area contributed by atoms with E-state index in [2.05, 4.69) is 10.3 Å². The molecule has 6 nitrogen and oxygen atoms in total. The molecule has 4 rings (SSSR count). The van der Waals surface area contributed by atoms with E-state index in [9.17, 15) is 13.2 Å². The van der Waals surface area contributed by atoms with E-state index in [1.54, 1.807) is 18.2 Å². The molecule has 0 atom stereocenters. The SMILES string of the molecule is O=C(Cc1cccs1)Nc1nc2ccc(S(=O)(=O)N3CCCC3)cc2s1. The summed E-state index contributed by atoms with van der Waals surface area (Å²) in [7, 11) is -3.45. The number of fused-ring (bicyclic) bond motifs is 1. The second-order valence-corrected chi connectivity index (χ2v) is 10.1. The van der Waals surface area contributed by atoms with Crippen molar-refractivity contribution in [2.24, 2.45) is 0 Å². The Balaban J connectivity index is 1.55. The molecule has 0 saturated carbocycles. The molecule has 0 bridgehead atoms. The van der Waals surface area contributed by atoms with Crippen LogP contribution in [0.4, 0.5) is 5.13 Å². The maximum atomic E-state index is 12.7. The van der Waals surface area contributed by atoms with Gasteiger partial charge in [-0.05, 0) is 42.5 Å². The molecule has 1 aliphatic rings. The highest BCUT2D eigenvalue weighted by molar-refractivity contribution is 7.89. The maximum absolute atomic E-state index is 12.7. The van der Waals surface area contributed by atoms with Crippen LogP contribution in [0.1, 0.15) is 17.7 Å². The van der Waals surface area contributed by atoms with Gasteiger partial charge in [0.1, 0.15) is 0 Å². The summed E-state index contributed by atoms with van der Waals surface area (Å²) < 4.78 is 27.6. The summed E-state index contributed by atoms with van der Waals surface area (Å²) in [6.07, 6.45) is 2.12. The van der Waals surface area contributed by atoms with Gasteiger partial charge in [-0.15, -0.1) is 11.3 Å². The van der Waals surface area contributed by atoms with Crippen molar-refractivity contribution < 1.29 is 13.2 Å². The first kappa shape index (κ1) is 17.6. The molecule has 0 radical (unpaired) electrons. The van der Waals surface area contributed by atoms with Gasteiger partial charge in [0.05, 0.1) is 21.5 Å². The molecular formula is C17H17N3O3S3. The van der Waals surface area contributed by atoms with Crippen molar-refractivity contribution in [3.63, 3.8) is 0 Å². The Hall–Kier alpha value is -1.81. The number of thiophene rings is 1. The van der Waals surface area contributed by atoms with E-state index < -0.39 is 10.0 Å². The Morgan fingerprint density at radius 3 is 2.77 bits per heavy atom. The van der Waals surface area contributed by atoms with Crippen LogP contribution in [0.15, 0.2) is 40.6 Å². The van der Waals surface area contributed by atoms with Crippen molar-refractivity contribution in [3.05, 3.63) is 40.6 Å². The van der Waals surface area contributed by atoms with Crippen LogP contribution >= 0.6 is 22.7 Å². The van der Waals surface area contributed by atoms with Gasteiger partial charge in [0, 0.05) is 18.0 Å². The molecule has 1 aliphatic heterocycles. The number of nitrogens with zero attached hydrogens (tertiary/aromatic N) is 2. The maximum Gasteiger partial charge on any atom is 0.243 e. The molecule has 2 aromatic heterocycles. The molecular weight excluding hydrogens is 390 g/mol.